The van der Waals surface area contributed by atoms with Gasteiger partial charge < -0.3 is 9.72 Å². The number of imidazole rings is 1. The smallest absolute Gasteiger partial charge is 0.146 e. The molecule has 0 aliphatic heterocycles. The molecule has 0 fully saturated rings. The molecular formula is C18H12Cl2N2O. The largest absolute Gasteiger partial charge is 0.483 e. The first kappa shape index (κ1) is 14.4. The Labute approximate surface area is 142 Å². The molecule has 4 aromatic rings. The number of benzene rings is 3. The van der Waals surface area contributed by atoms with Crippen LogP contribution < -0.4 is 4.74 Å². The highest BCUT2D eigenvalue weighted by atomic mass is 35.5. The van der Waals surface area contributed by atoms with Crippen LogP contribution in [0.25, 0.3) is 21.8 Å². The Morgan fingerprint density at radius 2 is 1.65 bits per heavy atom. The molecule has 0 aliphatic carbocycles. The highest BCUT2D eigenvalue weighted by molar-refractivity contribution is 6.39. The quantitative estimate of drug-likeness (QED) is 0.526. The summed E-state index contributed by atoms with van der Waals surface area (Å²) in [6.07, 6.45) is 0. The van der Waals surface area contributed by atoms with Crippen LogP contribution in [0.15, 0.2) is 54.6 Å². The second-order valence-corrected chi connectivity index (χ2v) is 6.02. The van der Waals surface area contributed by atoms with E-state index in [0.29, 0.717) is 22.4 Å². The van der Waals surface area contributed by atoms with Crippen molar-refractivity contribution in [2.24, 2.45) is 0 Å². The van der Waals surface area contributed by atoms with E-state index in [1.54, 1.807) is 6.07 Å². The van der Waals surface area contributed by atoms with Gasteiger partial charge in [-0.3, -0.25) is 0 Å². The van der Waals surface area contributed by atoms with E-state index in [4.69, 9.17) is 27.9 Å². The number of para-hydroxylation sites is 2. The van der Waals surface area contributed by atoms with Crippen molar-refractivity contribution in [3.05, 3.63) is 70.5 Å². The Morgan fingerprint density at radius 3 is 2.48 bits per heavy atom. The molecule has 0 amide bonds. The van der Waals surface area contributed by atoms with E-state index in [2.05, 4.69) is 9.97 Å². The van der Waals surface area contributed by atoms with Gasteiger partial charge in [-0.2, -0.15) is 0 Å². The maximum Gasteiger partial charge on any atom is 0.146 e. The van der Waals surface area contributed by atoms with Crippen LogP contribution in [0, 0.1) is 0 Å². The van der Waals surface area contributed by atoms with E-state index >= 15 is 0 Å². The number of H-pyrrole nitrogens is 1. The number of fused-ring (bicyclic) bond motifs is 2. The van der Waals surface area contributed by atoms with E-state index in [9.17, 15) is 0 Å². The fourth-order valence-electron chi connectivity index (χ4n) is 2.63. The third kappa shape index (κ3) is 2.62. The lowest BCUT2D eigenvalue weighted by atomic mass is 10.1. The minimum Gasteiger partial charge on any atom is -0.483 e. The molecule has 23 heavy (non-hydrogen) atoms. The Morgan fingerprint density at radius 1 is 0.913 bits per heavy atom. The predicted octanol–water partition coefficient (Wildman–Crippen LogP) is 5.60. The maximum atomic E-state index is 6.31. The van der Waals surface area contributed by atoms with Crippen molar-refractivity contribution >= 4 is 45.0 Å². The Hall–Kier alpha value is -2.23. The molecule has 1 aromatic heterocycles. The first-order valence-corrected chi connectivity index (χ1v) is 7.91. The van der Waals surface area contributed by atoms with Crippen molar-refractivity contribution < 1.29 is 4.74 Å². The minimum absolute atomic E-state index is 0.306. The number of rotatable bonds is 3. The zero-order chi connectivity index (χ0) is 15.8. The summed E-state index contributed by atoms with van der Waals surface area (Å²) in [5.41, 5.74) is 1.90. The number of ether oxygens (including phenoxy) is 1. The van der Waals surface area contributed by atoms with E-state index < -0.39 is 0 Å². The number of nitrogens with zero attached hydrogens (tertiary/aromatic N) is 1. The maximum absolute atomic E-state index is 6.31. The van der Waals surface area contributed by atoms with Crippen LogP contribution in [0.2, 0.25) is 10.0 Å². The summed E-state index contributed by atoms with van der Waals surface area (Å²) in [4.78, 5) is 7.74. The summed E-state index contributed by atoms with van der Waals surface area (Å²) in [7, 11) is 0. The number of halogens is 2. The number of nitrogens with one attached hydrogen (secondary N) is 1. The van der Waals surface area contributed by atoms with Gasteiger partial charge in [0.05, 0.1) is 21.1 Å². The van der Waals surface area contributed by atoms with Crippen LogP contribution >= 0.6 is 23.2 Å². The molecule has 1 heterocycles. The number of hydrogen-bond donors (Lipinski definition) is 1. The Bertz CT molecular complexity index is 977. The zero-order valence-electron chi connectivity index (χ0n) is 12.0. The van der Waals surface area contributed by atoms with Gasteiger partial charge >= 0.3 is 0 Å². The molecule has 4 rings (SSSR count). The molecule has 3 aromatic carbocycles. The van der Waals surface area contributed by atoms with Crippen LogP contribution in [0.4, 0.5) is 0 Å². The van der Waals surface area contributed by atoms with Gasteiger partial charge in [0.15, 0.2) is 0 Å². The van der Waals surface area contributed by atoms with Crippen LogP contribution in [-0.2, 0) is 6.61 Å². The first-order valence-electron chi connectivity index (χ1n) is 7.15. The second-order valence-electron chi connectivity index (χ2n) is 5.20. The summed E-state index contributed by atoms with van der Waals surface area (Å²) in [5.74, 6) is 1.37. The van der Waals surface area contributed by atoms with E-state index in [1.807, 2.05) is 48.5 Å². The average molecular weight is 343 g/mol. The van der Waals surface area contributed by atoms with Gasteiger partial charge in [0, 0.05) is 10.8 Å². The van der Waals surface area contributed by atoms with Crippen LogP contribution in [0.1, 0.15) is 5.82 Å². The molecule has 3 nitrogen and oxygen atoms in total. The molecule has 0 unspecified atom stereocenters. The number of aromatic nitrogens is 2. The molecule has 1 N–H and O–H groups in total. The topological polar surface area (TPSA) is 37.9 Å². The predicted molar refractivity (Wildman–Crippen MR) is 94.4 cm³/mol. The molecule has 0 aliphatic rings. The number of aromatic amines is 1. The summed E-state index contributed by atoms with van der Waals surface area (Å²) < 4.78 is 5.94. The van der Waals surface area contributed by atoms with Crippen molar-refractivity contribution in [1.82, 2.24) is 9.97 Å². The highest BCUT2D eigenvalue weighted by Gasteiger charge is 2.12. The molecule has 0 bridgehead atoms. The molecule has 0 radical (unpaired) electrons. The third-order valence-electron chi connectivity index (χ3n) is 3.69. The minimum atomic E-state index is 0.306. The average Bonchev–Trinajstić information content (AvgIpc) is 2.97. The van der Waals surface area contributed by atoms with Crippen molar-refractivity contribution in [3.63, 3.8) is 0 Å². The summed E-state index contributed by atoms with van der Waals surface area (Å²) in [6.45, 7) is 0.306. The molecule has 0 saturated heterocycles. The Balaban J connectivity index is 1.70. The van der Waals surface area contributed by atoms with E-state index in [-0.39, 0.29) is 0 Å². The van der Waals surface area contributed by atoms with E-state index in [0.717, 1.165) is 27.6 Å². The van der Waals surface area contributed by atoms with Gasteiger partial charge in [0.1, 0.15) is 18.2 Å². The fourth-order valence-corrected chi connectivity index (χ4v) is 3.23. The SMILES string of the molecule is Clc1cc(Cl)c2ccccc2c1OCc1nc2ccccc2[nH]1. The monoisotopic (exact) mass is 342 g/mol. The fraction of sp³-hybridized carbons (Fsp3) is 0.0556. The normalized spacial score (nSPS) is 11.2. The Kier molecular flexibility index (Phi) is 3.60. The number of hydrogen-bond acceptors (Lipinski definition) is 2. The zero-order valence-corrected chi connectivity index (χ0v) is 13.5. The summed E-state index contributed by atoms with van der Waals surface area (Å²) >= 11 is 12.6. The lowest BCUT2D eigenvalue weighted by Gasteiger charge is -2.11. The third-order valence-corrected chi connectivity index (χ3v) is 4.28. The molecular weight excluding hydrogens is 331 g/mol. The highest BCUT2D eigenvalue weighted by Crippen LogP contribution is 2.38. The van der Waals surface area contributed by atoms with Gasteiger partial charge in [-0.1, -0.05) is 59.6 Å². The van der Waals surface area contributed by atoms with Crippen molar-refractivity contribution in [2.45, 2.75) is 6.61 Å². The molecule has 0 spiro atoms. The molecule has 114 valence electrons. The van der Waals surface area contributed by atoms with Crippen molar-refractivity contribution in [2.75, 3.05) is 0 Å². The molecule has 0 atom stereocenters. The van der Waals surface area contributed by atoms with Gasteiger partial charge in [-0.05, 0) is 18.2 Å². The molecule has 5 heteroatoms. The first-order chi connectivity index (χ1) is 11.2. The van der Waals surface area contributed by atoms with Crippen molar-refractivity contribution in [1.29, 1.82) is 0 Å². The van der Waals surface area contributed by atoms with Crippen LogP contribution in [0.5, 0.6) is 5.75 Å². The summed E-state index contributed by atoms with van der Waals surface area (Å²) in [6, 6.07) is 17.3. The summed E-state index contributed by atoms with van der Waals surface area (Å²) in [5, 5.41) is 2.91. The van der Waals surface area contributed by atoms with Gasteiger partial charge in [-0.25, -0.2) is 4.98 Å². The lowest BCUT2D eigenvalue weighted by molar-refractivity contribution is 0.301. The van der Waals surface area contributed by atoms with Crippen LogP contribution in [0.3, 0.4) is 0 Å². The lowest BCUT2D eigenvalue weighted by Crippen LogP contribution is -1.99. The second kappa shape index (κ2) is 5.76. The van der Waals surface area contributed by atoms with Gasteiger partial charge in [0.25, 0.3) is 0 Å². The van der Waals surface area contributed by atoms with Crippen molar-refractivity contribution in [3.8, 4) is 5.75 Å². The van der Waals surface area contributed by atoms with Crippen LogP contribution in [-0.4, -0.2) is 9.97 Å². The van der Waals surface area contributed by atoms with E-state index in [1.165, 1.54) is 0 Å². The molecule has 0 saturated carbocycles. The van der Waals surface area contributed by atoms with Gasteiger partial charge in [0.2, 0.25) is 0 Å². The van der Waals surface area contributed by atoms with Gasteiger partial charge in [-0.15, -0.1) is 0 Å². The standard InChI is InChI=1S/C18H12Cl2N2O/c19-13-9-14(20)18(12-6-2-1-5-11(12)13)23-10-17-21-15-7-3-4-8-16(15)22-17/h1-9H,10H2,(H,21,22).